The van der Waals surface area contributed by atoms with Crippen LogP contribution in [0.15, 0.2) is 0 Å². The van der Waals surface area contributed by atoms with Crippen molar-refractivity contribution in [1.82, 2.24) is 4.90 Å². The molecule has 0 aromatic rings. The average Bonchev–Trinajstić information content (AvgIpc) is 2.28. The Balaban J connectivity index is 2.56. The lowest BCUT2D eigenvalue weighted by Crippen LogP contribution is -2.57. The van der Waals surface area contributed by atoms with E-state index in [1.807, 2.05) is 0 Å². The molecule has 1 fully saturated rings. The number of ether oxygens (including phenoxy) is 1. The molecule has 1 atom stereocenters. The fraction of sp³-hybridized carbons (Fsp3) is 1.00. The Bertz CT molecular complexity index is 229. The molecule has 3 heteroatoms. The Hall–Kier alpha value is -0.120. The van der Waals surface area contributed by atoms with Gasteiger partial charge in [-0.3, -0.25) is 4.90 Å². The van der Waals surface area contributed by atoms with Crippen LogP contribution < -0.4 is 5.73 Å². The van der Waals surface area contributed by atoms with Crippen LogP contribution in [-0.2, 0) is 4.74 Å². The normalized spacial score (nSPS) is 23.6. The molecule has 1 rings (SSSR count). The topological polar surface area (TPSA) is 38.5 Å². The van der Waals surface area contributed by atoms with Crippen molar-refractivity contribution in [1.29, 1.82) is 0 Å². The number of methoxy groups -OCH3 is 1. The molecular weight excluding hydrogens is 212 g/mol. The third-order valence-corrected chi connectivity index (χ3v) is 4.38. The fourth-order valence-electron chi connectivity index (χ4n) is 2.88. The van der Waals surface area contributed by atoms with Gasteiger partial charge in [-0.25, -0.2) is 0 Å². The molecule has 0 saturated carbocycles. The Morgan fingerprint density at radius 1 is 1.18 bits per heavy atom. The van der Waals surface area contributed by atoms with E-state index in [1.165, 1.54) is 12.8 Å². The first-order valence-corrected chi connectivity index (χ1v) is 6.77. The van der Waals surface area contributed by atoms with E-state index in [4.69, 9.17) is 10.5 Å². The van der Waals surface area contributed by atoms with E-state index in [1.54, 1.807) is 7.11 Å². The third-order valence-electron chi connectivity index (χ3n) is 4.38. The monoisotopic (exact) mass is 242 g/mol. The van der Waals surface area contributed by atoms with Gasteiger partial charge in [0.05, 0.1) is 12.1 Å². The van der Waals surface area contributed by atoms with Gasteiger partial charge in [0.25, 0.3) is 0 Å². The molecular formula is C14H30N2O. The first-order chi connectivity index (χ1) is 7.83. The summed E-state index contributed by atoms with van der Waals surface area (Å²) in [5, 5.41) is 0. The second-order valence-electron chi connectivity index (χ2n) is 6.76. The first kappa shape index (κ1) is 14.9. The van der Waals surface area contributed by atoms with Crippen LogP contribution in [0.4, 0.5) is 0 Å². The molecule has 0 aromatic carbocycles. The maximum absolute atomic E-state index is 5.92. The summed E-state index contributed by atoms with van der Waals surface area (Å²) in [5.74, 6) is 0.836. The van der Waals surface area contributed by atoms with Crippen molar-refractivity contribution in [3.05, 3.63) is 0 Å². The zero-order chi connectivity index (χ0) is 13.1. The highest BCUT2D eigenvalue weighted by Crippen LogP contribution is 2.35. The summed E-state index contributed by atoms with van der Waals surface area (Å²) in [6.07, 6.45) is 2.56. The van der Waals surface area contributed by atoms with Crippen LogP contribution >= 0.6 is 0 Å². The predicted molar refractivity (Wildman–Crippen MR) is 73.1 cm³/mol. The second-order valence-corrected chi connectivity index (χ2v) is 6.76. The summed E-state index contributed by atoms with van der Waals surface area (Å²) in [6.45, 7) is 13.0. The molecule has 0 radical (unpaired) electrons. The molecule has 0 amide bonds. The van der Waals surface area contributed by atoms with Crippen LogP contribution in [0.5, 0.6) is 0 Å². The largest absolute Gasteiger partial charge is 0.383 e. The van der Waals surface area contributed by atoms with Gasteiger partial charge in [0.15, 0.2) is 0 Å². The first-order valence-electron chi connectivity index (χ1n) is 6.77. The summed E-state index contributed by atoms with van der Waals surface area (Å²) < 4.78 is 5.32. The summed E-state index contributed by atoms with van der Waals surface area (Å²) in [4.78, 5) is 2.51. The van der Waals surface area contributed by atoms with Crippen LogP contribution in [0.2, 0.25) is 0 Å². The number of hydrogen-bond acceptors (Lipinski definition) is 3. The highest BCUT2D eigenvalue weighted by atomic mass is 16.5. The van der Waals surface area contributed by atoms with Crippen molar-refractivity contribution in [3.8, 4) is 0 Å². The standard InChI is InChI=1S/C14H30N2O/c1-13(2,3)12-6-8-16(9-7-12)14(4,10-15)11-17-5/h12H,6-11,15H2,1-5H3. The summed E-state index contributed by atoms with van der Waals surface area (Å²) in [5.41, 5.74) is 6.37. The molecule has 0 aliphatic carbocycles. The van der Waals surface area contributed by atoms with Crippen molar-refractivity contribution in [3.63, 3.8) is 0 Å². The lowest BCUT2D eigenvalue weighted by molar-refractivity contribution is -0.00657. The van der Waals surface area contributed by atoms with Gasteiger partial charge in [-0.15, -0.1) is 0 Å². The minimum Gasteiger partial charge on any atom is -0.383 e. The van der Waals surface area contributed by atoms with E-state index in [-0.39, 0.29) is 5.54 Å². The lowest BCUT2D eigenvalue weighted by atomic mass is 9.74. The molecule has 2 N–H and O–H groups in total. The zero-order valence-electron chi connectivity index (χ0n) is 12.3. The van der Waals surface area contributed by atoms with E-state index in [2.05, 4.69) is 32.6 Å². The quantitative estimate of drug-likeness (QED) is 0.820. The molecule has 0 spiro atoms. The molecule has 0 bridgehead atoms. The number of hydrogen-bond donors (Lipinski definition) is 1. The Morgan fingerprint density at radius 2 is 1.71 bits per heavy atom. The van der Waals surface area contributed by atoms with Crippen molar-refractivity contribution in [2.75, 3.05) is 33.4 Å². The van der Waals surface area contributed by atoms with Gasteiger partial charge in [0.1, 0.15) is 0 Å². The maximum Gasteiger partial charge on any atom is 0.0656 e. The fourth-order valence-corrected chi connectivity index (χ4v) is 2.88. The van der Waals surface area contributed by atoms with Gasteiger partial charge < -0.3 is 10.5 Å². The summed E-state index contributed by atoms with van der Waals surface area (Å²) >= 11 is 0. The molecule has 1 aliphatic heterocycles. The molecule has 1 heterocycles. The second kappa shape index (κ2) is 5.68. The number of rotatable bonds is 4. The smallest absolute Gasteiger partial charge is 0.0656 e. The molecule has 17 heavy (non-hydrogen) atoms. The number of piperidine rings is 1. The van der Waals surface area contributed by atoms with Gasteiger partial charge in [-0.05, 0) is 44.2 Å². The number of likely N-dealkylation sites (tertiary alicyclic amines) is 1. The molecule has 1 unspecified atom stereocenters. The van der Waals surface area contributed by atoms with Crippen LogP contribution in [0.25, 0.3) is 0 Å². The van der Waals surface area contributed by atoms with Crippen LogP contribution in [0.3, 0.4) is 0 Å². The molecule has 1 saturated heterocycles. The highest BCUT2D eigenvalue weighted by Gasteiger charge is 2.36. The number of nitrogens with zero attached hydrogens (tertiary/aromatic N) is 1. The Morgan fingerprint density at radius 3 is 2.06 bits per heavy atom. The third kappa shape index (κ3) is 3.67. The van der Waals surface area contributed by atoms with Crippen LogP contribution in [-0.4, -0.2) is 43.8 Å². The minimum atomic E-state index is 0.0115. The SMILES string of the molecule is COCC(C)(CN)N1CCC(C(C)(C)C)CC1. The van der Waals surface area contributed by atoms with E-state index in [0.29, 0.717) is 12.0 Å². The van der Waals surface area contributed by atoms with Crippen molar-refractivity contribution < 1.29 is 4.74 Å². The predicted octanol–water partition coefficient (Wildman–Crippen LogP) is 2.11. The van der Waals surface area contributed by atoms with Gasteiger partial charge in [-0.2, -0.15) is 0 Å². The van der Waals surface area contributed by atoms with E-state index in [9.17, 15) is 0 Å². The lowest BCUT2D eigenvalue weighted by Gasteiger charge is -2.46. The number of nitrogens with two attached hydrogens (primary N) is 1. The van der Waals surface area contributed by atoms with E-state index < -0.39 is 0 Å². The summed E-state index contributed by atoms with van der Waals surface area (Å²) in [6, 6.07) is 0. The van der Waals surface area contributed by atoms with Crippen LogP contribution in [0.1, 0.15) is 40.5 Å². The van der Waals surface area contributed by atoms with Gasteiger partial charge in [-0.1, -0.05) is 20.8 Å². The summed E-state index contributed by atoms with van der Waals surface area (Å²) in [7, 11) is 1.76. The molecule has 3 nitrogen and oxygen atoms in total. The minimum absolute atomic E-state index is 0.0115. The Labute approximate surface area is 107 Å². The van der Waals surface area contributed by atoms with Crippen molar-refractivity contribution in [2.45, 2.75) is 46.1 Å². The average molecular weight is 242 g/mol. The highest BCUT2D eigenvalue weighted by molar-refractivity contribution is 4.91. The molecule has 102 valence electrons. The van der Waals surface area contributed by atoms with Crippen LogP contribution in [0, 0.1) is 11.3 Å². The maximum atomic E-state index is 5.92. The van der Waals surface area contributed by atoms with E-state index in [0.717, 1.165) is 25.6 Å². The van der Waals surface area contributed by atoms with Crippen molar-refractivity contribution in [2.24, 2.45) is 17.1 Å². The zero-order valence-corrected chi connectivity index (χ0v) is 12.3. The van der Waals surface area contributed by atoms with Gasteiger partial charge in [0, 0.05) is 13.7 Å². The van der Waals surface area contributed by atoms with Crippen molar-refractivity contribution >= 4 is 0 Å². The molecule has 0 aromatic heterocycles. The van der Waals surface area contributed by atoms with E-state index >= 15 is 0 Å². The van der Waals surface area contributed by atoms with Gasteiger partial charge >= 0.3 is 0 Å². The Kier molecular flexibility index (Phi) is 4.99. The van der Waals surface area contributed by atoms with Gasteiger partial charge in [0.2, 0.25) is 0 Å². The molecule has 1 aliphatic rings.